The van der Waals surface area contributed by atoms with Crippen LogP contribution in [-0.2, 0) is 6.54 Å². The maximum atomic E-state index is 14.4. The van der Waals surface area contributed by atoms with Crippen molar-refractivity contribution < 1.29 is 9.18 Å². The van der Waals surface area contributed by atoms with Gasteiger partial charge in [0.25, 0.3) is 5.91 Å². The van der Waals surface area contributed by atoms with Gasteiger partial charge in [0.2, 0.25) is 0 Å². The molecule has 2 heterocycles. The number of nitrogens with zero attached hydrogens (tertiary/aromatic N) is 4. The second-order valence-electron chi connectivity index (χ2n) is 6.16. The number of amidine groups is 1. The third-order valence-corrected chi connectivity index (χ3v) is 4.85. The van der Waals surface area contributed by atoms with E-state index in [1.165, 1.54) is 22.1 Å². The summed E-state index contributed by atoms with van der Waals surface area (Å²) in [6.45, 7) is 2.13. The predicted octanol–water partition coefficient (Wildman–Crippen LogP) is 2.59. The number of hydrogen-bond donors (Lipinski definition) is 2. The lowest BCUT2D eigenvalue weighted by Gasteiger charge is -2.14. The normalized spacial score (nSPS) is 10.7. The van der Waals surface area contributed by atoms with Gasteiger partial charge in [-0.25, -0.2) is 9.07 Å². The fraction of sp³-hybridized carbons (Fsp3) is 0.222. The average Bonchev–Trinajstić information content (AvgIpc) is 3.28. The van der Waals surface area contributed by atoms with Gasteiger partial charge in [-0.15, -0.1) is 16.4 Å². The van der Waals surface area contributed by atoms with Gasteiger partial charge in [-0.1, -0.05) is 5.21 Å². The average molecular weight is 386 g/mol. The number of amides is 1. The lowest BCUT2D eigenvalue weighted by atomic mass is 10.1. The summed E-state index contributed by atoms with van der Waals surface area (Å²) in [5.41, 5.74) is 1.21. The molecule has 7 nitrogen and oxygen atoms in total. The fourth-order valence-corrected chi connectivity index (χ4v) is 3.19. The third kappa shape index (κ3) is 4.20. The van der Waals surface area contributed by atoms with Gasteiger partial charge in [-0.05, 0) is 37.3 Å². The van der Waals surface area contributed by atoms with Crippen molar-refractivity contribution in [2.75, 3.05) is 14.1 Å². The Bertz CT molecular complexity index is 993. The molecule has 0 spiro atoms. The van der Waals surface area contributed by atoms with Crippen LogP contribution in [0.4, 0.5) is 4.39 Å². The van der Waals surface area contributed by atoms with Crippen molar-refractivity contribution in [2.45, 2.75) is 13.5 Å². The van der Waals surface area contributed by atoms with E-state index in [9.17, 15) is 9.18 Å². The number of halogens is 1. The predicted molar refractivity (Wildman–Crippen MR) is 102 cm³/mol. The van der Waals surface area contributed by atoms with Crippen molar-refractivity contribution in [1.29, 1.82) is 5.41 Å². The van der Waals surface area contributed by atoms with Crippen LogP contribution >= 0.6 is 11.3 Å². The zero-order valence-corrected chi connectivity index (χ0v) is 16.0. The largest absolute Gasteiger partial charge is 0.363 e. The summed E-state index contributed by atoms with van der Waals surface area (Å²) >= 11 is 1.42. The van der Waals surface area contributed by atoms with Crippen molar-refractivity contribution in [3.05, 3.63) is 63.4 Å². The SMILES string of the molecule is Cc1ccc(C(=O)NCc2cn(-c3ccc(C(=N)N(C)C)cc3F)nn2)s1. The molecule has 0 aliphatic carbocycles. The molecule has 1 amide bonds. The molecule has 0 unspecified atom stereocenters. The molecule has 0 atom stereocenters. The number of thiophene rings is 1. The van der Waals surface area contributed by atoms with E-state index in [0.29, 0.717) is 16.1 Å². The van der Waals surface area contributed by atoms with Crippen molar-refractivity contribution in [1.82, 2.24) is 25.2 Å². The molecule has 3 rings (SSSR count). The minimum atomic E-state index is -0.506. The lowest BCUT2D eigenvalue weighted by molar-refractivity contribution is 0.0954. The first-order chi connectivity index (χ1) is 12.8. The summed E-state index contributed by atoms with van der Waals surface area (Å²) in [7, 11) is 3.45. The highest BCUT2D eigenvalue weighted by molar-refractivity contribution is 7.13. The molecule has 0 bridgehead atoms. The van der Waals surface area contributed by atoms with Gasteiger partial charge >= 0.3 is 0 Å². The van der Waals surface area contributed by atoms with Gasteiger partial charge in [0, 0.05) is 24.5 Å². The number of carbonyl (C=O) groups excluding carboxylic acids is 1. The highest BCUT2D eigenvalue weighted by Gasteiger charge is 2.13. The number of aryl methyl sites for hydroxylation is 1. The number of aromatic nitrogens is 3. The van der Waals surface area contributed by atoms with E-state index in [1.807, 2.05) is 13.0 Å². The minimum Gasteiger partial charge on any atom is -0.363 e. The Hall–Kier alpha value is -3.07. The first-order valence-electron chi connectivity index (χ1n) is 8.17. The number of nitrogens with one attached hydrogen (secondary N) is 2. The fourth-order valence-electron chi connectivity index (χ4n) is 2.41. The van der Waals surface area contributed by atoms with Crippen LogP contribution in [0.1, 0.15) is 25.8 Å². The summed E-state index contributed by atoms with van der Waals surface area (Å²) in [6.07, 6.45) is 1.56. The molecule has 3 aromatic rings. The highest BCUT2D eigenvalue weighted by atomic mass is 32.1. The molecule has 0 saturated heterocycles. The van der Waals surface area contributed by atoms with E-state index in [0.717, 1.165) is 4.88 Å². The van der Waals surface area contributed by atoms with Gasteiger partial charge in [-0.3, -0.25) is 10.2 Å². The van der Waals surface area contributed by atoms with Gasteiger partial charge in [-0.2, -0.15) is 0 Å². The monoisotopic (exact) mass is 386 g/mol. The van der Waals surface area contributed by atoms with E-state index in [-0.39, 0.29) is 24.0 Å². The molecular formula is C18H19FN6OS. The molecule has 9 heteroatoms. The molecular weight excluding hydrogens is 367 g/mol. The van der Waals surface area contributed by atoms with Crippen molar-refractivity contribution in [3.63, 3.8) is 0 Å². The van der Waals surface area contributed by atoms with Crippen LogP contribution in [0.3, 0.4) is 0 Å². The van der Waals surface area contributed by atoms with Crippen molar-refractivity contribution in [3.8, 4) is 5.69 Å². The maximum Gasteiger partial charge on any atom is 0.261 e. The topological polar surface area (TPSA) is 86.9 Å². The highest BCUT2D eigenvalue weighted by Crippen LogP contribution is 2.16. The van der Waals surface area contributed by atoms with Gasteiger partial charge in [0.05, 0.1) is 17.6 Å². The molecule has 140 valence electrons. The Kier molecular flexibility index (Phi) is 5.31. The molecule has 0 fully saturated rings. The zero-order valence-electron chi connectivity index (χ0n) is 15.2. The smallest absolute Gasteiger partial charge is 0.261 e. The molecule has 0 aliphatic heterocycles. The summed E-state index contributed by atoms with van der Waals surface area (Å²) < 4.78 is 15.7. The second-order valence-corrected chi connectivity index (χ2v) is 7.44. The first kappa shape index (κ1) is 18.7. The Morgan fingerprint density at radius 2 is 2.11 bits per heavy atom. The Morgan fingerprint density at radius 1 is 1.33 bits per heavy atom. The molecule has 0 saturated carbocycles. The van der Waals surface area contributed by atoms with Crippen LogP contribution in [0.5, 0.6) is 0 Å². The van der Waals surface area contributed by atoms with E-state index < -0.39 is 5.82 Å². The number of hydrogen-bond acceptors (Lipinski definition) is 5. The molecule has 27 heavy (non-hydrogen) atoms. The standard InChI is InChI=1S/C18H19FN6OS/c1-11-4-7-16(27-11)18(26)21-9-13-10-25(23-22-13)15-6-5-12(8-14(15)19)17(20)24(2)3/h4-8,10,20H,9H2,1-3H3,(H,21,26). The summed E-state index contributed by atoms with van der Waals surface area (Å²) in [4.78, 5) is 15.4. The molecule has 2 aromatic heterocycles. The third-order valence-electron chi connectivity index (χ3n) is 3.85. The van der Waals surface area contributed by atoms with Crippen molar-refractivity contribution in [2.24, 2.45) is 0 Å². The molecule has 0 radical (unpaired) electrons. The van der Waals surface area contributed by atoms with Gasteiger partial charge in [0.15, 0.2) is 0 Å². The molecule has 2 N–H and O–H groups in total. The second kappa shape index (κ2) is 7.67. The van der Waals surface area contributed by atoms with Crippen LogP contribution in [0.15, 0.2) is 36.5 Å². The van der Waals surface area contributed by atoms with Crippen LogP contribution in [-0.4, -0.2) is 45.7 Å². The van der Waals surface area contributed by atoms with Crippen LogP contribution in [0.2, 0.25) is 0 Å². The quantitative estimate of drug-likeness (QED) is 0.521. The van der Waals surface area contributed by atoms with Gasteiger partial charge in [0.1, 0.15) is 23.0 Å². The minimum absolute atomic E-state index is 0.180. The van der Waals surface area contributed by atoms with Gasteiger partial charge < -0.3 is 10.2 Å². The van der Waals surface area contributed by atoms with Crippen LogP contribution in [0.25, 0.3) is 5.69 Å². The Morgan fingerprint density at radius 3 is 2.74 bits per heavy atom. The Labute approximate surface area is 159 Å². The van der Waals surface area contributed by atoms with Crippen LogP contribution in [0, 0.1) is 18.2 Å². The van der Waals surface area contributed by atoms with E-state index in [2.05, 4.69) is 15.6 Å². The van der Waals surface area contributed by atoms with Crippen LogP contribution < -0.4 is 5.32 Å². The van der Waals surface area contributed by atoms with E-state index >= 15 is 0 Å². The molecule has 1 aromatic carbocycles. The first-order valence-corrected chi connectivity index (χ1v) is 8.99. The van der Waals surface area contributed by atoms with E-state index in [1.54, 1.807) is 43.4 Å². The number of benzene rings is 1. The van der Waals surface area contributed by atoms with E-state index in [4.69, 9.17) is 5.41 Å². The summed E-state index contributed by atoms with van der Waals surface area (Å²) in [5.74, 6) is -0.472. The maximum absolute atomic E-state index is 14.4. The molecule has 0 aliphatic rings. The summed E-state index contributed by atoms with van der Waals surface area (Å²) in [6, 6.07) is 8.16. The summed E-state index contributed by atoms with van der Waals surface area (Å²) in [5, 5.41) is 18.6. The number of carbonyl (C=O) groups is 1. The van der Waals surface area contributed by atoms with Crippen molar-refractivity contribution >= 4 is 23.1 Å². The lowest BCUT2D eigenvalue weighted by Crippen LogP contribution is -2.22. The Balaban J connectivity index is 1.70. The zero-order chi connectivity index (χ0) is 19.6. The number of rotatable bonds is 5.